The van der Waals surface area contributed by atoms with Crippen LogP contribution >= 0.6 is 22.9 Å². The van der Waals surface area contributed by atoms with Crippen molar-refractivity contribution in [2.75, 3.05) is 26.2 Å². The van der Waals surface area contributed by atoms with Gasteiger partial charge in [-0.15, -0.1) is 11.3 Å². The van der Waals surface area contributed by atoms with Gasteiger partial charge in [0.15, 0.2) is 0 Å². The summed E-state index contributed by atoms with van der Waals surface area (Å²) < 4.78 is 0. The molecule has 0 bridgehead atoms. The molecular formula is C19H21ClN2OS. The molecule has 0 aliphatic carbocycles. The average molecular weight is 361 g/mol. The fraction of sp³-hybridized carbons (Fsp3) is 0.316. The van der Waals surface area contributed by atoms with Gasteiger partial charge in [0.05, 0.1) is 0 Å². The average Bonchev–Trinajstić information content (AvgIpc) is 2.98. The van der Waals surface area contributed by atoms with Crippen LogP contribution in [-0.4, -0.2) is 41.9 Å². The molecule has 24 heavy (non-hydrogen) atoms. The van der Waals surface area contributed by atoms with Crippen molar-refractivity contribution in [3.63, 3.8) is 0 Å². The Morgan fingerprint density at radius 2 is 2.04 bits per heavy atom. The SMILES string of the molecule is Cc1ccsc1/C=C/C(=O)N1CCN(Cc2cccc(Cl)c2)CC1. The van der Waals surface area contributed by atoms with Crippen molar-refractivity contribution < 1.29 is 4.79 Å². The maximum atomic E-state index is 12.3. The van der Waals surface area contributed by atoms with Gasteiger partial charge < -0.3 is 4.90 Å². The van der Waals surface area contributed by atoms with Gasteiger partial charge in [-0.05, 0) is 47.7 Å². The van der Waals surface area contributed by atoms with Crippen LogP contribution < -0.4 is 0 Å². The molecule has 0 N–H and O–H groups in total. The van der Waals surface area contributed by atoms with E-state index >= 15 is 0 Å². The molecular weight excluding hydrogens is 340 g/mol. The second kappa shape index (κ2) is 7.97. The van der Waals surface area contributed by atoms with E-state index in [1.54, 1.807) is 17.4 Å². The van der Waals surface area contributed by atoms with E-state index in [2.05, 4.69) is 24.0 Å². The van der Waals surface area contributed by atoms with Crippen molar-refractivity contribution >= 4 is 34.9 Å². The van der Waals surface area contributed by atoms with Crippen molar-refractivity contribution in [2.45, 2.75) is 13.5 Å². The fourth-order valence-electron chi connectivity index (χ4n) is 2.83. The largest absolute Gasteiger partial charge is 0.337 e. The Hall–Kier alpha value is -1.62. The van der Waals surface area contributed by atoms with Crippen molar-refractivity contribution in [2.24, 2.45) is 0 Å². The molecule has 0 unspecified atom stereocenters. The predicted molar refractivity (Wildman–Crippen MR) is 101 cm³/mol. The summed E-state index contributed by atoms with van der Waals surface area (Å²) in [5.74, 6) is 0.102. The first-order valence-corrected chi connectivity index (χ1v) is 9.35. The van der Waals surface area contributed by atoms with E-state index in [1.807, 2.05) is 34.6 Å². The van der Waals surface area contributed by atoms with Gasteiger partial charge in [-0.1, -0.05) is 23.7 Å². The number of halogens is 1. The number of hydrogen-bond acceptors (Lipinski definition) is 3. The zero-order valence-electron chi connectivity index (χ0n) is 13.7. The van der Waals surface area contributed by atoms with Crippen molar-refractivity contribution in [3.8, 4) is 0 Å². The summed E-state index contributed by atoms with van der Waals surface area (Å²) in [4.78, 5) is 17.8. The van der Waals surface area contributed by atoms with E-state index in [0.29, 0.717) is 0 Å². The van der Waals surface area contributed by atoms with Crippen LogP contribution in [0.15, 0.2) is 41.8 Å². The van der Waals surface area contributed by atoms with Crippen LogP contribution in [0.2, 0.25) is 5.02 Å². The molecule has 1 aliphatic rings. The molecule has 1 saturated heterocycles. The third-order valence-electron chi connectivity index (χ3n) is 4.26. The lowest BCUT2D eigenvalue weighted by Gasteiger charge is -2.34. The number of piperazine rings is 1. The number of benzene rings is 1. The summed E-state index contributed by atoms with van der Waals surface area (Å²) in [5.41, 5.74) is 2.44. The number of carbonyl (C=O) groups is 1. The van der Waals surface area contributed by atoms with Gasteiger partial charge in [-0.25, -0.2) is 0 Å². The highest BCUT2D eigenvalue weighted by Gasteiger charge is 2.19. The smallest absolute Gasteiger partial charge is 0.246 e. The quantitative estimate of drug-likeness (QED) is 0.767. The van der Waals surface area contributed by atoms with Gasteiger partial charge in [0, 0.05) is 48.7 Å². The van der Waals surface area contributed by atoms with Crippen molar-refractivity contribution in [1.29, 1.82) is 0 Å². The van der Waals surface area contributed by atoms with Crippen LogP contribution in [0.4, 0.5) is 0 Å². The van der Waals surface area contributed by atoms with Crippen LogP contribution in [0.1, 0.15) is 16.0 Å². The summed E-state index contributed by atoms with van der Waals surface area (Å²) in [7, 11) is 0. The monoisotopic (exact) mass is 360 g/mol. The summed E-state index contributed by atoms with van der Waals surface area (Å²) in [6.07, 6.45) is 3.63. The third kappa shape index (κ3) is 4.47. The number of carbonyl (C=O) groups excluding carboxylic acids is 1. The zero-order chi connectivity index (χ0) is 16.9. The number of hydrogen-bond donors (Lipinski definition) is 0. The van der Waals surface area contributed by atoms with Gasteiger partial charge in [0.25, 0.3) is 0 Å². The number of rotatable bonds is 4. The first-order chi connectivity index (χ1) is 11.6. The minimum atomic E-state index is 0.102. The lowest BCUT2D eigenvalue weighted by atomic mass is 10.2. The van der Waals surface area contributed by atoms with E-state index in [9.17, 15) is 4.79 Å². The Bertz CT molecular complexity index is 732. The minimum absolute atomic E-state index is 0.102. The molecule has 126 valence electrons. The van der Waals surface area contributed by atoms with Gasteiger partial charge >= 0.3 is 0 Å². The third-order valence-corrected chi connectivity index (χ3v) is 5.48. The molecule has 3 rings (SSSR count). The van der Waals surface area contributed by atoms with Crippen LogP contribution in [0.5, 0.6) is 0 Å². The molecule has 1 amide bonds. The molecule has 5 heteroatoms. The Morgan fingerprint density at radius 3 is 2.71 bits per heavy atom. The molecule has 0 spiro atoms. The van der Waals surface area contributed by atoms with E-state index in [1.165, 1.54) is 11.1 Å². The number of thiophene rings is 1. The van der Waals surface area contributed by atoms with Gasteiger partial charge in [0.2, 0.25) is 5.91 Å². The van der Waals surface area contributed by atoms with Crippen molar-refractivity contribution in [1.82, 2.24) is 9.80 Å². The first kappa shape index (κ1) is 17.2. The van der Waals surface area contributed by atoms with E-state index in [-0.39, 0.29) is 5.91 Å². The second-order valence-corrected chi connectivity index (χ2v) is 7.42. The molecule has 0 atom stereocenters. The molecule has 3 nitrogen and oxygen atoms in total. The molecule has 0 saturated carbocycles. The van der Waals surface area contributed by atoms with Crippen molar-refractivity contribution in [3.05, 3.63) is 62.8 Å². The maximum Gasteiger partial charge on any atom is 0.246 e. The zero-order valence-corrected chi connectivity index (χ0v) is 15.3. The maximum absolute atomic E-state index is 12.3. The molecule has 1 aromatic carbocycles. The van der Waals surface area contributed by atoms with Crippen LogP contribution in [-0.2, 0) is 11.3 Å². The van der Waals surface area contributed by atoms with Crippen LogP contribution in [0, 0.1) is 6.92 Å². The molecule has 1 aromatic heterocycles. The van der Waals surface area contributed by atoms with E-state index in [4.69, 9.17) is 11.6 Å². The highest BCUT2D eigenvalue weighted by molar-refractivity contribution is 7.11. The predicted octanol–water partition coefficient (Wildman–Crippen LogP) is 4.07. The number of nitrogens with zero attached hydrogens (tertiary/aromatic N) is 2. The summed E-state index contributed by atoms with van der Waals surface area (Å²) in [5, 5.41) is 2.82. The van der Waals surface area contributed by atoms with E-state index in [0.717, 1.165) is 42.6 Å². The Kier molecular flexibility index (Phi) is 5.72. The normalized spacial score (nSPS) is 16.0. The Balaban J connectivity index is 1.50. The standard InChI is InChI=1S/C19H21ClN2OS/c1-15-7-12-24-18(15)5-6-19(23)22-10-8-21(9-11-22)14-16-3-2-4-17(20)13-16/h2-7,12-13H,8-11,14H2,1H3/b6-5+. The molecule has 2 heterocycles. The topological polar surface area (TPSA) is 23.6 Å². The summed E-state index contributed by atoms with van der Waals surface area (Å²) in [6, 6.07) is 10.0. The minimum Gasteiger partial charge on any atom is -0.337 e. The summed E-state index contributed by atoms with van der Waals surface area (Å²) in [6.45, 7) is 6.27. The molecule has 0 radical (unpaired) electrons. The lowest BCUT2D eigenvalue weighted by Crippen LogP contribution is -2.47. The number of aryl methyl sites for hydroxylation is 1. The highest BCUT2D eigenvalue weighted by Crippen LogP contribution is 2.18. The fourth-order valence-corrected chi connectivity index (χ4v) is 3.86. The second-order valence-electron chi connectivity index (χ2n) is 6.03. The molecule has 1 aliphatic heterocycles. The number of amides is 1. The molecule has 2 aromatic rings. The lowest BCUT2D eigenvalue weighted by molar-refractivity contribution is -0.127. The van der Waals surface area contributed by atoms with Gasteiger partial charge in [0.1, 0.15) is 0 Å². The highest BCUT2D eigenvalue weighted by atomic mass is 35.5. The van der Waals surface area contributed by atoms with Gasteiger partial charge in [-0.2, -0.15) is 0 Å². The van der Waals surface area contributed by atoms with Gasteiger partial charge in [-0.3, -0.25) is 9.69 Å². The Morgan fingerprint density at radius 1 is 1.25 bits per heavy atom. The van der Waals surface area contributed by atoms with E-state index < -0.39 is 0 Å². The van der Waals surface area contributed by atoms with Crippen LogP contribution in [0.3, 0.4) is 0 Å². The first-order valence-electron chi connectivity index (χ1n) is 8.10. The Labute approximate surface area is 152 Å². The van der Waals surface area contributed by atoms with Crippen LogP contribution in [0.25, 0.3) is 6.08 Å². The summed E-state index contributed by atoms with van der Waals surface area (Å²) >= 11 is 7.70. The molecule has 1 fully saturated rings.